The minimum atomic E-state index is -0.278. The van der Waals surface area contributed by atoms with Crippen LogP contribution in [-0.2, 0) is 0 Å². The van der Waals surface area contributed by atoms with Crippen molar-refractivity contribution in [3.05, 3.63) is 57.8 Å². The Hall–Kier alpha value is -1.55. The van der Waals surface area contributed by atoms with Gasteiger partial charge in [0.05, 0.1) is 11.4 Å². The van der Waals surface area contributed by atoms with Crippen molar-refractivity contribution in [1.29, 1.82) is 0 Å². The van der Waals surface area contributed by atoms with Crippen molar-refractivity contribution < 1.29 is 4.39 Å². The normalized spacial score (nSPS) is 12.2. The SMILES string of the molecule is Cc1cc(NC(C)c2ccc(Br)cc2)c(N)cc1F. The average molecular weight is 323 g/mol. The lowest BCUT2D eigenvalue weighted by molar-refractivity contribution is 0.619. The van der Waals surface area contributed by atoms with Crippen molar-refractivity contribution in [3.8, 4) is 0 Å². The van der Waals surface area contributed by atoms with Gasteiger partial charge in [-0.05, 0) is 49.2 Å². The molecule has 0 aliphatic rings. The van der Waals surface area contributed by atoms with Crippen LogP contribution < -0.4 is 11.1 Å². The predicted molar refractivity (Wildman–Crippen MR) is 81.7 cm³/mol. The van der Waals surface area contributed by atoms with Gasteiger partial charge in [0.1, 0.15) is 5.82 Å². The Bertz CT molecular complexity index is 581. The summed E-state index contributed by atoms with van der Waals surface area (Å²) >= 11 is 3.41. The molecule has 0 bridgehead atoms. The molecule has 0 aliphatic carbocycles. The van der Waals surface area contributed by atoms with Gasteiger partial charge in [0.15, 0.2) is 0 Å². The van der Waals surface area contributed by atoms with Crippen LogP contribution in [0.25, 0.3) is 0 Å². The monoisotopic (exact) mass is 322 g/mol. The Kier molecular flexibility index (Phi) is 4.10. The first-order chi connectivity index (χ1) is 8.97. The molecular formula is C15H16BrFN2. The van der Waals surface area contributed by atoms with E-state index >= 15 is 0 Å². The number of nitrogens with two attached hydrogens (primary N) is 1. The first-order valence-corrected chi connectivity index (χ1v) is 6.84. The second-order valence-electron chi connectivity index (χ2n) is 4.61. The van der Waals surface area contributed by atoms with Gasteiger partial charge in [-0.3, -0.25) is 0 Å². The van der Waals surface area contributed by atoms with Crippen molar-refractivity contribution in [1.82, 2.24) is 0 Å². The van der Waals surface area contributed by atoms with E-state index in [4.69, 9.17) is 5.73 Å². The van der Waals surface area contributed by atoms with Crippen molar-refractivity contribution in [2.75, 3.05) is 11.1 Å². The van der Waals surface area contributed by atoms with Crippen molar-refractivity contribution in [2.45, 2.75) is 19.9 Å². The molecular weight excluding hydrogens is 307 g/mol. The van der Waals surface area contributed by atoms with Crippen molar-refractivity contribution in [2.24, 2.45) is 0 Å². The molecule has 0 saturated carbocycles. The Morgan fingerprint density at radius 1 is 1.21 bits per heavy atom. The summed E-state index contributed by atoms with van der Waals surface area (Å²) in [5.74, 6) is -0.278. The minimum absolute atomic E-state index is 0.0975. The lowest BCUT2D eigenvalue weighted by atomic mass is 10.1. The summed E-state index contributed by atoms with van der Waals surface area (Å²) < 4.78 is 14.4. The highest BCUT2D eigenvalue weighted by atomic mass is 79.9. The fourth-order valence-corrected chi connectivity index (χ4v) is 2.15. The quantitative estimate of drug-likeness (QED) is 0.807. The molecule has 1 atom stereocenters. The number of anilines is 2. The van der Waals surface area contributed by atoms with Gasteiger partial charge in [-0.25, -0.2) is 4.39 Å². The van der Waals surface area contributed by atoms with E-state index in [0.29, 0.717) is 11.3 Å². The number of hydrogen-bond acceptors (Lipinski definition) is 2. The highest BCUT2D eigenvalue weighted by Crippen LogP contribution is 2.27. The molecule has 2 rings (SSSR count). The summed E-state index contributed by atoms with van der Waals surface area (Å²) in [6, 6.07) is 11.2. The summed E-state index contributed by atoms with van der Waals surface area (Å²) in [4.78, 5) is 0. The van der Waals surface area contributed by atoms with Crippen LogP contribution in [0.3, 0.4) is 0 Å². The standard InChI is InChI=1S/C15H16BrFN2/c1-9-7-15(14(18)8-13(9)17)19-10(2)11-3-5-12(16)6-4-11/h3-8,10,19H,18H2,1-2H3. The van der Waals surface area contributed by atoms with E-state index in [0.717, 1.165) is 15.7 Å². The molecule has 4 heteroatoms. The molecule has 2 nitrogen and oxygen atoms in total. The molecule has 0 aliphatic heterocycles. The topological polar surface area (TPSA) is 38.0 Å². The van der Waals surface area contributed by atoms with Crippen LogP contribution >= 0.6 is 15.9 Å². The Morgan fingerprint density at radius 2 is 1.84 bits per heavy atom. The van der Waals surface area contributed by atoms with Crippen molar-refractivity contribution in [3.63, 3.8) is 0 Å². The summed E-state index contributed by atoms with van der Waals surface area (Å²) in [7, 11) is 0. The summed E-state index contributed by atoms with van der Waals surface area (Å²) in [5, 5.41) is 3.31. The molecule has 2 aromatic carbocycles. The first-order valence-electron chi connectivity index (χ1n) is 6.05. The van der Waals surface area contributed by atoms with Gasteiger partial charge in [-0.2, -0.15) is 0 Å². The fourth-order valence-electron chi connectivity index (χ4n) is 1.89. The average Bonchev–Trinajstić information content (AvgIpc) is 2.36. The zero-order valence-electron chi connectivity index (χ0n) is 10.9. The van der Waals surface area contributed by atoms with Gasteiger partial charge in [0.25, 0.3) is 0 Å². The number of halogens is 2. The summed E-state index contributed by atoms with van der Waals surface area (Å²) in [5.41, 5.74) is 8.74. The Balaban J connectivity index is 2.21. The van der Waals surface area contributed by atoms with E-state index in [1.165, 1.54) is 6.07 Å². The van der Waals surface area contributed by atoms with E-state index in [1.54, 1.807) is 13.0 Å². The number of benzene rings is 2. The molecule has 0 spiro atoms. The van der Waals surface area contributed by atoms with Crippen LogP contribution in [0.1, 0.15) is 24.1 Å². The molecule has 0 saturated heterocycles. The van der Waals surface area contributed by atoms with Gasteiger partial charge in [0.2, 0.25) is 0 Å². The third-order valence-electron chi connectivity index (χ3n) is 3.07. The second-order valence-corrected chi connectivity index (χ2v) is 5.52. The van der Waals surface area contributed by atoms with E-state index in [9.17, 15) is 4.39 Å². The number of nitrogen functional groups attached to an aromatic ring is 1. The molecule has 1 unspecified atom stereocenters. The maximum absolute atomic E-state index is 13.4. The van der Waals surface area contributed by atoms with Crippen LogP contribution in [0.5, 0.6) is 0 Å². The second kappa shape index (κ2) is 5.61. The van der Waals surface area contributed by atoms with Crippen LogP contribution in [0.15, 0.2) is 40.9 Å². The first kappa shape index (κ1) is 13.9. The third-order valence-corrected chi connectivity index (χ3v) is 3.60. The Labute approximate surface area is 121 Å². The summed E-state index contributed by atoms with van der Waals surface area (Å²) in [6.07, 6.45) is 0. The summed E-state index contributed by atoms with van der Waals surface area (Å²) in [6.45, 7) is 3.77. The van der Waals surface area contributed by atoms with Crippen LogP contribution in [-0.4, -0.2) is 0 Å². The smallest absolute Gasteiger partial charge is 0.128 e. The zero-order chi connectivity index (χ0) is 14.0. The maximum Gasteiger partial charge on any atom is 0.128 e. The van der Waals surface area contributed by atoms with Gasteiger partial charge >= 0.3 is 0 Å². The van der Waals surface area contributed by atoms with E-state index in [2.05, 4.69) is 21.2 Å². The molecule has 100 valence electrons. The van der Waals surface area contributed by atoms with Gasteiger partial charge in [-0.1, -0.05) is 28.1 Å². The highest BCUT2D eigenvalue weighted by Gasteiger charge is 2.09. The number of rotatable bonds is 3. The largest absolute Gasteiger partial charge is 0.397 e. The van der Waals surface area contributed by atoms with Gasteiger partial charge in [-0.15, -0.1) is 0 Å². The van der Waals surface area contributed by atoms with Crippen molar-refractivity contribution >= 4 is 27.3 Å². The minimum Gasteiger partial charge on any atom is -0.397 e. The molecule has 3 N–H and O–H groups in total. The number of aryl methyl sites for hydroxylation is 1. The van der Waals surface area contributed by atoms with Crippen LogP contribution in [0.4, 0.5) is 15.8 Å². The number of nitrogens with one attached hydrogen (secondary N) is 1. The predicted octanol–water partition coefficient (Wildman–Crippen LogP) is 4.65. The molecule has 2 aromatic rings. The van der Waals surface area contributed by atoms with E-state index in [1.807, 2.05) is 31.2 Å². The third kappa shape index (κ3) is 3.26. The molecule has 0 radical (unpaired) electrons. The fraction of sp³-hybridized carbons (Fsp3) is 0.200. The molecule has 19 heavy (non-hydrogen) atoms. The van der Waals surface area contributed by atoms with Crippen LogP contribution in [0.2, 0.25) is 0 Å². The lowest BCUT2D eigenvalue weighted by Gasteiger charge is -2.18. The van der Waals surface area contributed by atoms with E-state index < -0.39 is 0 Å². The molecule has 0 amide bonds. The van der Waals surface area contributed by atoms with Gasteiger partial charge in [0, 0.05) is 10.5 Å². The van der Waals surface area contributed by atoms with Crippen LogP contribution in [0, 0.1) is 12.7 Å². The molecule has 0 aromatic heterocycles. The molecule has 0 heterocycles. The highest BCUT2D eigenvalue weighted by molar-refractivity contribution is 9.10. The lowest BCUT2D eigenvalue weighted by Crippen LogP contribution is -2.09. The van der Waals surface area contributed by atoms with Gasteiger partial charge < -0.3 is 11.1 Å². The maximum atomic E-state index is 13.4. The van der Waals surface area contributed by atoms with E-state index in [-0.39, 0.29) is 11.9 Å². The number of hydrogen-bond donors (Lipinski definition) is 2. The zero-order valence-corrected chi connectivity index (χ0v) is 12.5. The molecule has 0 fully saturated rings. The Morgan fingerprint density at radius 3 is 2.47 bits per heavy atom.